The van der Waals surface area contributed by atoms with E-state index in [0.29, 0.717) is 22.1 Å². The molecule has 7 heteroatoms. The van der Waals surface area contributed by atoms with Crippen molar-refractivity contribution < 1.29 is 18.7 Å². The van der Waals surface area contributed by atoms with Gasteiger partial charge in [0, 0.05) is 0 Å². The topological polar surface area (TPSA) is 92.3 Å². The lowest BCUT2D eigenvalue weighted by atomic mass is 10.1. The molecule has 3 aromatic rings. The Hall–Kier alpha value is -3.82. The third-order valence-corrected chi connectivity index (χ3v) is 4.19. The van der Waals surface area contributed by atoms with Gasteiger partial charge in [-0.25, -0.2) is 4.79 Å². The first-order chi connectivity index (χ1) is 14.1. The van der Waals surface area contributed by atoms with Gasteiger partial charge >= 0.3 is 5.97 Å². The van der Waals surface area contributed by atoms with Crippen molar-refractivity contribution in [3.8, 4) is 11.8 Å². The number of ether oxygens (including phenoxy) is 1. The van der Waals surface area contributed by atoms with Crippen LogP contribution in [-0.2, 0) is 11.3 Å². The van der Waals surface area contributed by atoms with Crippen LogP contribution in [0.15, 0.2) is 76.9 Å². The number of halogens is 1. The van der Waals surface area contributed by atoms with Crippen molar-refractivity contribution >= 4 is 29.6 Å². The van der Waals surface area contributed by atoms with E-state index in [1.807, 2.05) is 6.07 Å². The standard InChI is InChI=1S/C22H15ClN2O4/c23-20-6-2-1-5-19(20)22(27)29-17-9-7-15(8-10-17)12-16(13-24)21(26)25-14-18-4-3-11-28-18/h1-12H,14H2,(H,25,26). The summed E-state index contributed by atoms with van der Waals surface area (Å²) in [6, 6.07) is 18.3. The van der Waals surface area contributed by atoms with Gasteiger partial charge in [-0.3, -0.25) is 4.79 Å². The molecule has 29 heavy (non-hydrogen) atoms. The quantitative estimate of drug-likeness (QED) is 0.284. The molecule has 0 unspecified atom stereocenters. The third kappa shape index (κ3) is 5.34. The molecule has 0 saturated heterocycles. The molecule has 0 saturated carbocycles. The largest absolute Gasteiger partial charge is 0.467 e. The van der Waals surface area contributed by atoms with E-state index < -0.39 is 11.9 Å². The highest BCUT2D eigenvalue weighted by molar-refractivity contribution is 6.33. The molecule has 0 atom stereocenters. The zero-order chi connectivity index (χ0) is 20.6. The van der Waals surface area contributed by atoms with Gasteiger partial charge in [0.05, 0.1) is 23.4 Å². The van der Waals surface area contributed by atoms with Crippen LogP contribution >= 0.6 is 11.6 Å². The Labute approximate surface area is 172 Å². The molecule has 0 fully saturated rings. The molecule has 6 nitrogen and oxygen atoms in total. The van der Waals surface area contributed by atoms with E-state index in [4.69, 9.17) is 20.8 Å². The summed E-state index contributed by atoms with van der Waals surface area (Å²) in [7, 11) is 0. The third-order valence-electron chi connectivity index (χ3n) is 3.86. The van der Waals surface area contributed by atoms with Gasteiger partial charge in [0.1, 0.15) is 23.2 Å². The van der Waals surface area contributed by atoms with E-state index >= 15 is 0 Å². The molecule has 1 aromatic heterocycles. The van der Waals surface area contributed by atoms with Crippen LogP contribution < -0.4 is 10.1 Å². The van der Waals surface area contributed by atoms with Crippen molar-refractivity contribution in [2.24, 2.45) is 0 Å². The first-order valence-electron chi connectivity index (χ1n) is 8.56. The zero-order valence-electron chi connectivity index (χ0n) is 15.1. The number of hydrogen-bond donors (Lipinski definition) is 1. The second-order valence-electron chi connectivity index (χ2n) is 5.87. The molecule has 1 amide bonds. The van der Waals surface area contributed by atoms with Crippen LogP contribution in [0.4, 0.5) is 0 Å². The minimum absolute atomic E-state index is 0.0580. The average molecular weight is 407 g/mol. The molecule has 2 aromatic carbocycles. The highest BCUT2D eigenvalue weighted by Crippen LogP contribution is 2.20. The van der Waals surface area contributed by atoms with Gasteiger partial charge in [-0.15, -0.1) is 0 Å². The number of nitrogens with zero attached hydrogens (tertiary/aromatic N) is 1. The molecule has 0 aliphatic carbocycles. The summed E-state index contributed by atoms with van der Waals surface area (Å²) >= 11 is 5.99. The van der Waals surface area contributed by atoms with E-state index in [1.165, 1.54) is 12.3 Å². The maximum Gasteiger partial charge on any atom is 0.345 e. The lowest BCUT2D eigenvalue weighted by Crippen LogP contribution is -2.23. The number of nitriles is 1. The van der Waals surface area contributed by atoms with Crippen molar-refractivity contribution in [3.63, 3.8) is 0 Å². The molecule has 0 aliphatic rings. The van der Waals surface area contributed by atoms with E-state index in [-0.39, 0.29) is 17.7 Å². The number of furan rings is 1. The van der Waals surface area contributed by atoms with Gasteiger partial charge in [-0.1, -0.05) is 35.9 Å². The fraction of sp³-hybridized carbons (Fsp3) is 0.0455. The maximum atomic E-state index is 12.2. The number of hydrogen-bond acceptors (Lipinski definition) is 5. The predicted octanol–water partition coefficient (Wildman–Crippen LogP) is 4.38. The van der Waals surface area contributed by atoms with Crippen molar-refractivity contribution in [2.45, 2.75) is 6.54 Å². The smallest absolute Gasteiger partial charge is 0.345 e. The number of amides is 1. The van der Waals surface area contributed by atoms with E-state index in [0.717, 1.165) is 0 Å². The zero-order valence-corrected chi connectivity index (χ0v) is 15.8. The van der Waals surface area contributed by atoms with Crippen molar-refractivity contribution in [2.75, 3.05) is 0 Å². The molecule has 3 rings (SSSR count). The number of carbonyl (C=O) groups excluding carboxylic acids is 2. The monoisotopic (exact) mass is 406 g/mol. The van der Waals surface area contributed by atoms with Crippen LogP contribution in [0.5, 0.6) is 5.75 Å². The Bertz CT molecular complexity index is 1080. The Balaban J connectivity index is 1.65. The lowest BCUT2D eigenvalue weighted by molar-refractivity contribution is -0.117. The van der Waals surface area contributed by atoms with Crippen LogP contribution in [0, 0.1) is 11.3 Å². The number of nitrogens with one attached hydrogen (secondary N) is 1. The molecule has 1 N–H and O–H groups in total. The van der Waals surface area contributed by atoms with Crippen LogP contribution in [0.25, 0.3) is 6.08 Å². The van der Waals surface area contributed by atoms with Crippen LogP contribution in [-0.4, -0.2) is 11.9 Å². The van der Waals surface area contributed by atoms with Crippen molar-refractivity contribution in [1.29, 1.82) is 5.26 Å². The summed E-state index contributed by atoms with van der Waals surface area (Å²) in [4.78, 5) is 24.3. The first kappa shape index (κ1) is 19.9. The lowest BCUT2D eigenvalue weighted by Gasteiger charge is -2.06. The van der Waals surface area contributed by atoms with Gasteiger partial charge in [0.2, 0.25) is 0 Å². The van der Waals surface area contributed by atoms with Gasteiger partial charge in [0.25, 0.3) is 5.91 Å². The van der Waals surface area contributed by atoms with E-state index in [9.17, 15) is 14.9 Å². The number of rotatable bonds is 6. The van der Waals surface area contributed by atoms with Gasteiger partial charge in [-0.2, -0.15) is 5.26 Å². The second-order valence-corrected chi connectivity index (χ2v) is 6.28. The molecule has 0 spiro atoms. The Morgan fingerprint density at radius 3 is 2.52 bits per heavy atom. The molecule has 0 radical (unpaired) electrons. The summed E-state index contributed by atoms with van der Waals surface area (Å²) in [5, 5.41) is 12.2. The van der Waals surface area contributed by atoms with Gasteiger partial charge < -0.3 is 14.5 Å². The van der Waals surface area contributed by atoms with Crippen LogP contribution in [0.2, 0.25) is 5.02 Å². The fourth-order valence-electron chi connectivity index (χ4n) is 2.41. The Kier molecular flexibility index (Phi) is 6.46. The minimum Gasteiger partial charge on any atom is -0.467 e. The summed E-state index contributed by atoms with van der Waals surface area (Å²) in [5.74, 6) is -0.194. The van der Waals surface area contributed by atoms with E-state index in [1.54, 1.807) is 60.7 Å². The Morgan fingerprint density at radius 1 is 1.10 bits per heavy atom. The SMILES string of the molecule is N#CC(=Cc1ccc(OC(=O)c2ccccc2Cl)cc1)C(=O)NCc1ccco1. The van der Waals surface area contributed by atoms with Crippen LogP contribution in [0.1, 0.15) is 21.7 Å². The molecular weight excluding hydrogens is 392 g/mol. The van der Waals surface area contributed by atoms with Gasteiger partial charge in [-0.05, 0) is 48.0 Å². The summed E-state index contributed by atoms with van der Waals surface area (Å²) < 4.78 is 10.4. The average Bonchev–Trinajstić information content (AvgIpc) is 3.25. The minimum atomic E-state index is -0.575. The molecule has 1 heterocycles. The Morgan fingerprint density at radius 2 is 1.86 bits per heavy atom. The van der Waals surface area contributed by atoms with Crippen molar-refractivity contribution in [3.05, 3.63) is 94.4 Å². The second kappa shape index (κ2) is 9.40. The highest BCUT2D eigenvalue weighted by atomic mass is 35.5. The first-order valence-corrected chi connectivity index (χ1v) is 8.94. The summed E-state index contributed by atoms with van der Waals surface area (Å²) in [5.41, 5.74) is 0.808. The number of carbonyl (C=O) groups is 2. The summed E-state index contributed by atoms with van der Waals surface area (Å²) in [6.45, 7) is 0.182. The number of esters is 1. The highest BCUT2D eigenvalue weighted by Gasteiger charge is 2.13. The van der Waals surface area contributed by atoms with Crippen LogP contribution in [0.3, 0.4) is 0 Å². The normalized spacial score (nSPS) is 10.8. The van der Waals surface area contributed by atoms with Gasteiger partial charge in [0.15, 0.2) is 0 Å². The predicted molar refractivity (Wildman–Crippen MR) is 107 cm³/mol. The molecule has 144 valence electrons. The fourth-order valence-corrected chi connectivity index (χ4v) is 2.62. The number of benzene rings is 2. The molecule has 0 bridgehead atoms. The summed E-state index contributed by atoms with van der Waals surface area (Å²) in [6.07, 6.45) is 2.94. The maximum absolute atomic E-state index is 12.2. The van der Waals surface area contributed by atoms with E-state index in [2.05, 4.69) is 5.32 Å². The molecular formula is C22H15ClN2O4. The van der Waals surface area contributed by atoms with Crippen molar-refractivity contribution in [1.82, 2.24) is 5.32 Å². The molecule has 0 aliphatic heterocycles.